The van der Waals surface area contributed by atoms with E-state index < -0.39 is 0 Å². The molecular weight excluding hydrogens is 474 g/mol. The summed E-state index contributed by atoms with van der Waals surface area (Å²) in [5.74, 6) is 0.293. The quantitative estimate of drug-likeness (QED) is 0.673. The van der Waals surface area contributed by atoms with E-state index in [4.69, 9.17) is 11.6 Å². The Hall–Kier alpha value is -2.65. The number of halogens is 1. The van der Waals surface area contributed by atoms with Crippen molar-refractivity contribution < 1.29 is 14.4 Å². The van der Waals surface area contributed by atoms with Crippen LogP contribution in [0, 0.1) is 0 Å². The van der Waals surface area contributed by atoms with Crippen LogP contribution in [0.15, 0.2) is 24.4 Å². The maximum Gasteiger partial charge on any atom is 0.328 e. The third-order valence-corrected chi connectivity index (χ3v) is 8.21. The Balaban J connectivity index is 1.36. The molecule has 2 saturated heterocycles. The fraction of sp³-hybridized carbons (Fsp3) is 0.500. The largest absolute Gasteiger partial charge is 0.343 e. The lowest BCUT2D eigenvalue weighted by atomic mass is 9.80. The van der Waals surface area contributed by atoms with E-state index in [1.165, 1.54) is 17.5 Å². The fourth-order valence-corrected chi connectivity index (χ4v) is 5.98. The zero-order valence-electron chi connectivity index (χ0n) is 19.2. The number of aryl methyl sites for hydroxylation is 1. The van der Waals surface area contributed by atoms with E-state index in [9.17, 15) is 14.4 Å². The van der Waals surface area contributed by atoms with E-state index in [2.05, 4.69) is 16.4 Å². The maximum atomic E-state index is 13.2. The van der Waals surface area contributed by atoms with Crippen molar-refractivity contribution in [1.29, 1.82) is 0 Å². The Labute approximate surface area is 207 Å². The summed E-state index contributed by atoms with van der Waals surface area (Å²) in [6, 6.07) is 5.98. The molecule has 0 bridgehead atoms. The monoisotopic (exact) mass is 501 g/mol. The molecule has 3 aliphatic rings. The lowest BCUT2D eigenvalue weighted by Gasteiger charge is -2.30. The molecule has 5 rings (SSSR count). The van der Waals surface area contributed by atoms with E-state index in [0.29, 0.717) is 35.5 Å². The first-order chi connectivity index (χ1) is 16.3. The Kier molecular flexibility index (Phi) is 6.24. The molecule has 1 N–H and O–H groups in total. The number of carbonyl (C=O) groups is 3. The van der Waals surface area contributed by atoms with Crippen molar-refractivity contribution in [3.63, 3.8) is 0 Å². The second-order valence-electron chi connectivity index (χ2n) is 9.40. The number of fused-ring (bicyclic) bond motifs is 2. The molecule has 8 nitrogen and oxygen atoms in total. The van der Waals surface area contributed by atoms with Gasteiger partial charge in [0.1, 0.15) is 4.34 Å². The van der Waals surface area contributed by atoms with Gasteiger partial charge >= 0.3 is 6.03 Å². The third-order valence-electron chi connectivity index (χ3n) is 7.18. The number of benzene rings is 1. The van der Waals surface area contributed by atoms with E-state index in [-0.39, 0.29) is 23.3 Å². The lowest BCUT2D eigenvalue weighted by Crippen LogP contribution is -2.41. The smallest absolute Gasteiger partial charge is 0.328 e. The molecule has 180 valence electrons. The molecule has 0 saturated carbocycles. The average molecular weight is 502 g/mol. The summed E-state index contributed by atoms with van der Waals surface area (Å²) in [6.45, 7) is 5.15. The molecule has 2 aromatic rings. The Morgan fingerprint density at radius 1 is 1.18 bits per heavy atom. The van der Waals surface area contributed by atoms with Crippen molar-refractivity contribution >= 4 is 51.6 Å². The number of thiazole rings is 1. The van der Waals surface area contributed by atoms with Gasteiger partial charge in [0.15, 0.2) is 5.13 Å². The van der Waals surface area contributed by atoms with Crippen LogP contribution in [-0.4, -0.2) is 65.4 Å². The van der Waals surface area contributed by atoms with Crippen molar-refractivity contribution in [2.24, 2.45) is 0 Å². The molecule has 1 spiro atoms. The van der Waals surface area contributed by atoms with E-state index >= 15 is 0 Å². The molecule has 1 aromatic carbocycles. The summed E-state index contributed by atoms with van der Waals surface area (Å²) in [5.41, 5.74) is 2.84. The number of likely N-dealkylation sites (tertiary alicyclic amines) is 2. The number of anilines is 2. The van der Waals surface area contributed by atoms with Crippen molar-refractivity contribution in [2.45, 2.75) is 44.4 Å². The molecular formula is C24H28ClN5O3S. The van der Waals surface area contributed by atoms with Crippen molar-refractivity contribution in [1.82, 2.24) is 14.8 Å². The first kappa shape index (κ1) is 23.1. The van der Waals surface area contributed by atoms with Gasteiger partial charge in [-0.2, -0.15) is 0 Å². The predicted octanol–water partition coefficient (Wildman–Crippen LogP) is 3.89. The number of aromatic nitrogens is 1. The van der Waals surface area contributed by atoms with Crippen molar-refractivity contribution in [3.05, 3.63) is 39.9 Å². The molecule has 0 radical (unpaired) electrons. The van der Waals surface area contributed by atoms with Crippen LogP contribution in [0.4, 0.5) is 15.6 Å². The maximum absolute atomic E-state index is 13.2. The van der Waals surface area contributed by atoms with Crippen LogP contribution in [-0.2, 0) is 21.4 Å². The number of hydrogen-bond donors (Lipinski definition) is 1. The highest BCUT2D eigenvalue weighted by molar-refractivity contribution is 7.19. The summed E-state index contributed by atoms with van der Waals surface area (Å²) in [5, 5.41) is 3.31. The van der Waals surface area contributed by atoms with Gasteiger partial charge in [-0.05, 0) is 42.9 Å². The summed E-state index contributed by atoms with van der Waals surface area (Å²) in [4.78, 5) is 47.2. The van der Waals surface area contributed by atoms with Crippen LogP contribution in [0.3, 0.4) is 0 Å². The van der Waals surface area contributed by atoms with E-state index in [0.717, 1.165) is 55.6 Å². The Morgan fingerprint density at radius 3 is 2.65 bits per heavy atom. The highest BCUT2D eigenvalue weighted by Gasteiger charge is 2.49. The third kappa shape index (κ3) is 4.38. The zero-order valence-corrected chi connectivity index (χ0v) is 20.8. The molecule has 34 heavy (non-hydrogen) atoms. The van der Waals surface area contributed by atoms with Gasteiger partial charge in [-0.1, -0.05) is 35.1 Å². The SMILES string of the molecule is CC(=O)N1CCC2(C1)CN(C(=O)Nc1ncc(Cl)s1)c1ccc(CCCC(=O)N3CCC3)cc12. The number of rotatable bonds is 5. The number of nitrogens with one attached hydrogen (secondary N) is 1. The van der Waals surface area contributed by atoms with Gasteiger partial charge in [0.25, 0.3) is 0 Å². The molecule has 1 unspecified atom stereocenters. The van der Waals surface area contributed by atoms with E-state index in [1.807, 2.05) is 21.9 Å². The lowest BCUT2D eigenvalue weighted by molar-refractivity contribution is -0.134. The van der Waals surface area contributed by atoms with Crippen LogP contribution in [0.1, 0.15) is 43.7 Å². The van der Waals surface area contributed by atoms with Gasteiger partial charge in [0.2, 0.25) is 11.8 Å². The highest BCUT2D eigenvalue weighted by Crippen LogP contribution is 2.47. The number of nitrogens with zero attached hydrogens (tertiary/aromatic N) is 4. The first-order valence-electron chi connectivity index (χ1n) is 11.7. The summed E-state index contributed by atoms with van der Waals surface area (Å²) in [6.07, 6.45) is 5.60. The molecule has 4 amide bonds. The second-order valence-corrected chi connectivity index (χ2v) is 11.1. The molecule has 1 aromatic heterocycles. The Bertz CT molecular complexity index is 1130. The minimum atomic E-state index is -0.289. The minimum Gasteiger partial charge on any atom is -0.343 e. The standard InChI is InChI=1S/C24H28ClN5O3S/c1-16(31)29-11-8-24(14-29)15-30(23(33)27-22-26-13-20(25)34-22)19-7-6-17(12-18(19)24)4-2-5-21(32)28-9-3-10-28/h6-7,12-13H,2-5,8-11,14-15H2,1H3,(H,26,27,33). The fourth-order valence-electron chi connectivity index (χ4n) is 5.18. The first-order valence-corrected chi connectivity index (χ1v) is 12.9. The molecule has 10 heteroatoms. The minimum absolute atomic E-state index is 0.0550. The van der Waals surface area contributed by atoms with Crippen LogP contribution < -0.4 is 10.2 Å². The van der Waals surface area contributed by atoms with Gasteiger partial charge < -0.3 is 9.80 Å². The van der Waals surface area contributed by atoms with Crippen LogP contribution in [0.25, 0.3) is 0 Å². The van der Waals surface area contributed by atoms with Gasteiger partial charge in [-0.15, -0.1) is 0 Å². The van der Waals surface area contributed by atoms with Gasteiger partial charge in [-0.25, -0.2) is 9.78 Å². The second kappa shape index (κ2) is 9.19. The van der Waals surface area contributed by atoms with Crippen molar-refractivity contribution in [2.75, 3.05) is 42.9 Å². The molecule has 2 fully saturated rings. The summed E-state index contributed by atoms with van der Waals surface area (Å²) < 4.78 is 0.513. The van der Waals surface area contributed by atoms with Gasteiger partial charge in [0.05, 0.1) is 6.20 Å². The molecule has 3 aliphatic heterocycles. The normalized spacial score (nSPS) is 21.1. The number of hydrogen-bond acceptors (Lipinski definition) is 5. The number of amides is 4. The van der Waals surface area contributed by atoms with Crippen LogP contribution >= 0.6 is 22.9 Å². The predicted molar refractivity (Wildman–Crippen MR) is 133 cm³/mol. The summed E-state index contributed by atoms with van der Waals surface area (Å²) in [7, 11) is 0. The molecule has 1 atom stereocenters. The Morgan fingerprint density at radius 2 is 2.00 bits per heavy atom. The topological polar surface area (TPSA) is 85.9 Å². The van der Waals surface area contributed by atoms with Crippen molar-refractivity contribution in [3.8, 4) is 0 Å². The molecule has 4 heterocycles. The zero-order chi connectivity index (χ0) is 23.9. The number of carbonyl (C=O) groups excluding carboxylic acids is 3. The number of urea groups is 1. The highest BCUT2D eigenvalue weighted by atomic mass is 35.5. The van der Waals surface area contributed by atoms with E-state index in [1.54, 1.807) is 11.8 Å². The van der Waals surface area contributed by atoms with Crippen LogP contribution in [0.2, 0.25) is 4.34 Å². The average Bonchev–Trinajstić information content (AvgIpc) is 3.45. The summed E-state index contributed by atoms with van der Waals surface area (Å²) >= 11 is 7.18. The van der Waals surface area contributed by atoms with Crippen LogP contribution in [0.5, 0.6) is 0 Å². The van der Waals surface area contributed by atoms with Gasteiger partial charge in [0, 0.05) is 57.2 Å². The molecule has 0 aliphatic carbocycles. The van der Waals surface area contributed by atoms with Gasteiger partial charge in [-0.3, -0.25) is 19.8 Å².